The van der Waals surface area contributed by atoms with E-state index in [1.807, 2.05) is 37.3 Å². The highest BCUT2D eigenvalue weighted by molar-refractivity contribution is 5.88. The van der Waals surface area contributed by atoms with E-state index < -0.39 is 0 Å². The number of anilines is 1. The predicted octanol–water partition coefficient (Wildman–Crippen LogP) is 2.67. The maximum atomic E-state index is 11.4. The van der Waals surface area contributed by atoms with E-state index in [0.717, 1.165) is 11.3 Å². The van der Waals surface area contributed by atoms with Gasteiger partial charge in [0.1, 0.15) is 0 Å². The molecular weight excluding hydrogens is 240 g/mol. The molecule has 0 bridgehead atoms. The van der Waals surface area contributed by atoms with Crippen LogP contribution in [-0.2, 0) is 16.0 Å². The van der Waals surface area contributed by atoms with Crippen molar-refractivity contribution in [2.45, 2.75) is 19.8 Å². The van der Waals surface area contributed by atoms with Crippen molar-refractivity contribution in [1.82, 2.24) is 0 Å². The van der Waals surface area contributed by atoms with Gasteiger partial charge in [-0.05, 0) is 24.1 Å². The van der Waals surface area contributed by atoms with Gasteiger partial charge >= 0.3 is 5.97 Å². The first-order valence-corrected chi connectivity index (χ1v) is 6.18. The Hall–Kier alpha value is -2.28. The van der Waals surface area contributed by atoms with E-state index >= 15 is 0 Å². The lowest BCUT2D eigenvalue weighted by molar-refractivity contribution is -0.136. The molecule has 1 rings (SSSR count). The summed E-state index contributed by atoms with van der Waals surface area (Å²) in [5, 5.41) is 11.8. The van der Waals surface area contributed by atoms with Gasteiger partial charge in [-0.2, -0.15) is 5.26 Å². The molecule has 0 amide bonds. The van der Waals surface area contributed by atoms with E-state index in [9.17, 15) is 4.79 Å². The maximum Gasteiger partial charge on any atom is 0.333 e. The molecule has 0 aliphatic heterocycles. The summed E-state index contributed by atoms with van der Waals surface area (Å²) in [6, 6.07) is 9.77. The number of nitriles is 1. The first-order valence-electron chi connectivity index (χ1n) is 6.18. The predicted molar refractivity (Wildman–Crippen MR) is 74.6 cm³/mol. The zero-order valence-corrected chi connectivity index (χ0v) is 11.3. The Morgan fingerprint density at radius 3 is 2.63 bits per heavy atom. The van der Waals surface area contributed by atoms with E-state index in [1.54, 1.807) is 0 Å². The summed E-state index contributed by atoms with van der Waals surface area (Å²) in [6.07, 6.45) is 2.90. The molecule has 4 nitrogen and oxygen atoms in total. The Bertz CT molecular complexity index is 484. The van der Waals surface area contributed by atoms with E-state index in [2.05, 4.69) is 16.1 Å². The van der Waals surface area contributed by atoms with Crippen molar-refractivity contribution in [1.29, 1.82) is 5.26 Å². The van der Waals surface area contributed by atoms with Crippen LogP contribution in [0.4, 0.5) is 5.69 Å². The van der Waals surface area contributed by atoms with E-state index in [4.69, 9.17) is 5.26 Å². The van der Waals surface area contributed by atoms with Gasteiger partial charge in [0.2, 0.25) is 0 Å². The van der Waals surface area contributed by atoms with E-state index in [1.165, 1.54) is 7.11 Å². The highest BCUT2D eigenvalue weighted by Gasteiger charge is 2.05. The molecule has 0 fully saturated rings. The van der Waals surface area contributed by atoms with Gasteiger partial charge in [0.05, 0.1) is 19.6 Å². The second kappa shape index (κ2) is 7.93. The van der Waals surface area contributed by atoms with Gasteiger partial charge in [0.15, 0.2) is 0 Å². The minimum Gasteiger partial charge on any atom is -0.466 e. The lowest BCUT2D eigenvalue weighted by Gasteiger charge is -2.06. The molecule has 0 atom stereocenters. The molecule has 1 aromatic rings. The van der Waals surface area contributed by atoms with Gasteiger partial charge in [-0.3, -0.25) is 0 Å². The number of esters is 1. The minimum absolute atomic E-state index is 0.284. The topological polar surface area (TPSA) is 62.1 Å². The second-order valence-corrected chi connectivity index (χ2v) is 3.99. The highest BCUT2D eigenvalue weighted by Crippen LogP contribution is 2.10. The van der Waals surface area contributed by atoms with Crippen molar-refractivity contribution in [2.24, 2.45) is 0 Å². The Morgan fingerprint density at radius 1 is 1.42 bits per heavy atom. The molecular formula is C15H18N2O2. The quantitative estimate of drug-likeness (QED) is 0.629. The van der Waals surface area contributed by atoms with Crippen molar-refractivity contribution in [3.8, 4) is 6.07 Å². The number of carbonyl (C=O) groups excluding carboxylic acids is 1. The minimum atomic E-state index is -0.284. The Kier molecular flexibility index (Phi) is 6.17. The van der Waals surface area contributed by atoms with Gasteiger partial charge in [-0.25, -0.2) is 4.79 Å². The lowest BCUT2D eigenvalue weighted by atomic mass is 10.1. The van der Waals surface area contributed by atoms with Crippen LogP contribution in [0.5, 0.6) is 0 Å². The van der Waals surface area contributed by atoms with Crippen molar-refractivity contribution in [3.05, 3.63) is 41.5 Å². The van der Waals surface area contributed by atoms with Gasteiger partial charge in [0.25, 0.3) is 0 Å². The largest absolute Gasteiger partial charge is 0.466 e. The molecule has 1 aromatic carbocycles. The molecule has 0 spiro atoms. The first-order chi connectivity index (χ1) is 9.21. The molecule has 100 valence electrons. The molecule has 0 saturated heterocycles. The number of hydrogen-bond acceptors (Lipinski definition) is 4. The maximum absolute atomic E-state index is 11.4. The standard InChI is InChI=1S/C15H18N2O2/c1-3-13(15(18)19-2)9-11-17-14-6-4-12(5-7-14)8-10-16/h4-7,9,17H,3,8,11H2,1-2H3/b13-9-. The average molecular weight is 258 g/mol. The number of rotatable bonds is 6. The number of ether oxygens (including phenoxy) is 1. The van der Waals surface area contributed by atoms with Crippen LogP contribution < -0.4 is 5.32 Å². The zero-order valence-electron chi connectivity index (χ0n) is 11.3. The van der Waals surface area contributed by atoms with Crippen LogP contribution in [0.1, 0.15) is 18.9 Å². The van der Waals surface area contributed by atoms with Crippen LogP contribution in [0.15, 0.2) is 35.9 Å². The summed E-state index contributed by atoms with van der Waals surface area (Å²) < 4.78 is 4.68. The van der Waals surface area contributed by atoms with Crippen LogP contribution in [0, 0.1) is 11.3 Å². The van der Waals surface area contributed by atoms with Gasteiger partial charge < -0.3 is 10.1 Å². The van der Waals surface area contributed by atoms with Gasteiger partial charge in [0, 0.05) is 17.8 Å². The number of hydrogen-bond donors (Lipinski definition) is 1. The number of carbonyl (C=O) groups is 1. The summed E-state index contributed by atoms with van der Waals surface area (Å²) in [7, 11) is 1.38. The monoisotopic (exact) mass is 258 g/mol. The summed E-state index contributed by atoms with van der Waals surface area (Å²) in [5.74, 6) is -0.284. The normalized spacial score (nSPS) is 10.7. The molecule has 0 heterocycles. The molecule has 0 radical (unpaired) electrons. The van der Waals surface area contributed by atoms with Gasteiger partial charge in [-0.15, -0.1) is 0 Å². The van der Waals surface area contributed by atoms with Crippen molar-refractivity contribution < 1.29 is 9.53 Å². The lowest BCUT2D eigenvalue weighted by Crippen LogP contribution is -2.07. The summed E-state index contributed by atoms with van der Waals surface area (Å²) in [4.78, 5) is 11.4. The number of nitrogens with zero attached hydrogens (tertiary/aromatic N) is 1. The zero-order chi connectivity index (χ0) is 14.1. The Labute approximate surface area is 113 Å². The van der Waals surface area contributed by atoms with Crippen LogP contribution in [-0.4, -0.2) is 19.6 Å². The van der Waals surface area contributed by atoms with E-state index in [0.29, 0.717) is 25.0 Å². The Morgan fingerprint density at radius 2 is 2.11 bits per heavy atom. The molecule has 4 heteroatoms. The molecule has 19 heavy (non-hydrogen) atoms. The fourth-order valence-corrected chi connectivity index (χ4v) is 1.63. The fraction of sp³-hybridized carbons (Fsp3) is 0.333. The van der Waals surface area contributed by atoms with Gasteiger partial charge in [-0.1, -0.05) is 25.1 Å². The van der Waals surface area contributed by atoms with Crippen molar-refractivity contribution in [3.63, 3.8) is 0 Å². The van der Waals surface area contributed by atoms with Crippen molar-refractivity contribution in [2.75, 3.05) is 19.0 Å². The molecule has 0 aliphatic rings. The molecule has 0 unspecified atom stereocenters. The third-order valence-corrected chi connectivity index (χ3v) is 2.72. The number of methoxy groups -OCH3 is 1. The summed E-state index contributed by atoms with van der Waals surface area (Å²) >= 11 is 0. The SMILES string of the molecule is CC/C(=C/CNc1ccc(CC#N)cc1)C(=O)OC. The van der Waals surface area contributed by atoms with Crippen LogP contribution in [0.3, 0.4) is 0 Å². The smallest absolute Gasteiger partial charge is 0.333 e. The molecule has 0 aliphatic carbocycles. The van der Waals surface area contributed by atoms with Crippen molar-refractivity contribution >= 4 is 11.7 Å². The van der Waals surface area contributed by atoms with Crippen LogP contribution >= 0.6 is 0 Å². The van der Waals surface area contributed by atoms with Crippen LogP contribution in [0.25, 0.3) is 0 Å². The third kappa shape index (κ3) is 4.84. The number of benzene rings is 1. The Balaban J connectivity index is 2.54. The molecule has 1 N–H and O–H groups in total. The van der Waals surface area contributed by atoms with E-state index in [-0.39, 0.29) is 5.97 Å². The fourth-order valence-electron chi connectivity index (χ4n) is 1.63. The highest BCUT2D eigenvalue weighted by atomic mass is 16.5. The summed E-state index contributed by atoms with van der Waals surface area (Å²) in [6.45, 7) is 2.48. The third-order valence-electron chi connectivity index (χ3n) is 2.72. The second-order valence-electron chi connectivity index (χ2n) is 3.99. The average Bonchev–Trinajstić information content (AvgIpc) is 2.45. The molecule has 0 aromatic heterocycles. The number of nitrogens with one attached hydrogen (secondary N) is 1. The summed E-state index contributed by atoms with van der Waals surface area (Å²) in [5.41, 5.74) is 2.61. The molecule has 0 saturated carbocycles. The first kappa shape index (κ1) is 14.8. The van der Waals surface area contributed by atoms with Crippen LogP contribution in [0.2, 0.25) is 0 Å².